The molecule has 0 aliphatic carbocycles. The van der Waals surface area contributed by atoms with Gasteiger partial charge in [-0.05, 0) is 41.8 Å². The van der Waals surface area contributed by atoms with Crippen LogP contribution in [0.4, 0.5) is 11.4 Å². The van der Waals surface area contributed by atoms with E-state index in [0.29, 0.717) is 0 Å². The molecule has 3 N–H and O–H groups in total. The molecule has 0 aliphatic rings. The Bertz CT molecular complexity index is 800. The lowest BCUT2D eigenvalue weighted by Crippen LogP contribution is -2.03. The van der Waals surface area contributed by atoms with Crippen molar-refractivity contribution in [2.24, 2.45) is 0 Å². The predicted molar refractivity (Wildman–Crippen MR) is 105 cm³/mol. The van der Waals surface area contributed by atoms with Crippen molar-refractivity contribution < 1.29 is 0 Å². The minimum atomic E-state index is 0.769. The number of nitrogens with two attached hydrogens (primary N) is 1. The fraction of sp³-hybridized carbons (Fsp3) is 0.143. The molecule has 0 heterocycles. The van der Waals surface area contributed by atoms with Crippen LogP contribution in [0.15, 0.2) is 77.7 Å². The van der Waals surface area contributed by atoms with Gasteiger partial charge in [0, 0.05) is 17.2 Å². The molecule has 3 rings (SSSR count). The Morgan fingerprint density at radius 2 is 1.67 bits per heavy atom. The van der Waals surface area contributed by atoms with Crippen LogP contribution in [0.2, 0.25) is 0 Å². The lowest BCUT2D eigenvalue weighted by molar-refractivity contribution is 1.09. The van der Waals surface area contributed by atoms with Crippen molar-refractivity contribution in [2.45, 2.75) is 24.1 Å². The van der Waals surface area contributed by atoms with E-state index in [-0.39, 0.29) is 0 Å². The van der Waals surface area contributed by atoms with Gasteiger partial charge in [-0.2, -0.15) is 0 Å². The fourth-order valence-corrected chi connectivity index (χ4v) is 3.57. The standard InChI is InChI=1S/C21H22N2S/c1-16-11-12-20(19(22)13-16)23-14-18-9-5-6-10-21(18)24-15-17-7-3-2-4-8-17/h2-13,23H,14-15,22H2,1H3. The molecular weight excluding hydrogens is 312 g/mol. The second kappa shape index (κ2) is 7.93. The molecule has 0 saturated heterocycles. The molecule has 0 spiro atoms. The van der Waals surface area contributed by atoms with Crippen LogP contribution in [-0.4, -0.2) is 0 Å². The van der Waals surface area contributed by atoms with E-state index in [9.17, 15) is 0 Å². The Labute approximate surface area is 148 Å². The Balaban J connectivity index is 1.67. The van der Waals surface area contributed by atoms with Crippen LogP contribution < -0.4 is 11.1 Å². The molecule has 0 aliphatic heterocycles. The van der Waals surface area contributed by atoms with Gasteiger partial charge in [0.2, 0.25) is 0 Å². The first-order valence-corrected chi connectivity index (χ1v) is 9.05. The number of nitrogen functional groups attached to an aromatic ring is 1. The maximum absolute atomic E-state index is 6.09. The third kappa shape index (κ3) is 4.33. The van der Waals surface area contributed by atoms with Gasteiger partial charge in [-0.1, -0.05) is 54.6 Å². The highest BCUT2D eigenvalue weighted by Gasteiger charge is 2.05. The lowest BCUT2D eigenvalue weighted by Gasteiger charge is -2.13. The van der Waals surface area contributed by atoms with E-state index in [1.54, 1.807) is 0 Å². The van der Waals surface area contributed by atoms with Crippen molar-refractivity contribution in [1.82, 2.24) is 0 Å². The molecule has 2 nitrogen and oxygen atoms in total. The molecule has 0 atom stereocenters. The van der Waals surface area contributed by atoms with Gasteiger partial charge in [0.1, 0.15) is 0 Å². The molecule has 122 valence electrons. The number of hydrogen-bond donors (Lipinski definition) is 2. The molecule has 0 radical (unpaired) electrons. The Morgan fingerprint density at radius 3 is 2.46 bits per heavy atom. The summed E-state index contributed by atoms with van der Waals surface area (Å²) in [7, 11) is 0. The van der Waals surface area contributed by atoms with Crippen molar-refractivity contribution in [1.29, 1.82) is 0 Å². The van der Waals surface area contributed by atoms with E-state index in [2.05, 4.69) is 72.9 Å². The van der Waals surface area contributed by atoms with Crippen LogP contribution >= 0.6 is 11.8 Å². The van der Waals surface area contributed by atoms with Crippen LogP contribution in [0, 0.1) is 6.92 Å². The number of aryl methyl sites for hydroxylation is 1. The summed E-state index contributed by atoms with van der Waals surface area (Å²) in [6.07, 6.45) is 0. The number of thioether (sulfide) groups is 1. The monoisotopic (exact) mass is 334 g/mol. The van der Waals surface area contributed by atoms with E-state index in [1.165, 1.54) is 21.6 Å². The molecule has 0 fully saturated rings. The maximum atomic E-state index is 6.09. The summed E-state index contributed by atoms with van der Waals surface area (Å²) in [6.45, 7) is 2.82. The van der Waals surface area contributed by atoms with Crippen LogP contribution in [0.1, 0.15) is 16.7 Å². The first-order valence-electron chi connectivity index (χ1n) is 8.07. The van der Waals surface area contributed by atoms with Gasteiger partial charge in [-0.3, -0.25) is 0 Å². The number of rotatable bonds is 6. The largest absolute Gasteiger partial charge is 0.397 e. The van der Waals surface area contributed by atoms with Gasteiger partial charge in [-0.25, -0.2) is 0 Å². The minimum absolute atomic E-state index is 0.769. The zero-order valence-corrected chi connectivity index (χ0v) is 14.6. The van der Waals surface area contributed by atoms with Gasteiger partial charge < -0.3 is 11.1 Å². The van der Waals surface area contributed by atoms with E-state index >= 15 is 0 Å². The summed E-state index contributed by atoms with van der Waals surface area (Å²) in [4.78, 5) is 1.31. The normalized spacial score (nSPS) is 10.5. The molecule has 3 aromatic carbocycles. The Kier molecular flexibility index (Phi) is 5.44. The molecule has 0 bridgehead atoms. The molecule has 0 saturated carbocycles. The van der Waals surface area contributed by atoms with Crippen molar-refractivity contribution in [3.63, 3.8) is 0 Å². The molecule has 24 heavy (non-hydrogen) atoms. The van der Waals surface area contributed by atoms with Gasteiger partial charge in [0.05, 0.1) is 11.4 Å². The van der Waals surface area contributed by atoms with Crippen molar-refractivity contribution in [2.75, 3.05) is 11.1 Å². The highest BCUT2D eigenvalue weighted by Crippen LogP contribution is 2.27. The van der Waals surface area contributed by atoms with Gasteiger partial charge >= 0.3 is 0 Å². The molecule has 3 aromatic rings. The summed E-state index contributed by atoms with van der Waals surface area (Å²) < 4.78 is 0. The van der Waals surface area contributed by atoms with Gasteiger partial charge in [0.25, 0.3) is 0 Å². The quantitative estimate of drug-likeness (QED) is 0.463. The number of anilines is 2. The summed E-state index contributed by atoms with van der Waals surface area (Å²) in [5.41, 5.74) is 11.7. The minimum Gasteiger partial charge on any atom is -0.397 e. The lowest BCUT2D eigenvalue weighted by atomic mass is 10.1. The fourth-order valence-electron chi connectivity index (χ4n) is 2.56. The zero-order chi connectivity index (χ0) is 16.8. The highest BCUT2D eigenvalue weighted by atomic mass is 32.2. The van der Waals surface area contributed by atoms with E-state index in [4.69, 9.17) is 5.73 Å². The second-order valence-corrected chi connectivity index (χ2v) is 6.84. The summed E-state index contributed by atoms with van der Waals surface area (Å²) in [5, 5.41) is 3.46. The molecule has 0 amide bonds. The molecule has 3 heteroatoms. The number of benzene rings is 3. The SMILES string of the molecule is Cc1ccc(NCc2ccccc2SCc2ccccc2)c(N)c1. The van der Waals surface area contributed by atoms with Gasteiger partial charge in [-0.15, -0.1) is 11.8 Å². The molecule has 0 unspecified atom stereocenters. The van der Waals surface area contributed by atoms with Crippen molar-refractivity contribution in [3.8, 4) is 0 Å². The zero-order valence-electron chi connectivity index (χ0n) is 13.8. The average Bonchev–Trinajstić information content (AvgIpc) is 2.61. The van der Waals surface area contributed by atoms with Crippen LogP contribution in [-0.2, 0) is 12.3 Å². The van der Waals surface area contributed by atoms with E-state index in [1.807, 2.05) is 23.9 Å². The Morgan fingerprint density at radius 1 is 0.917 bits per heavy atom. The topological polar surface area (TPSA) is 38.0 Å². The third-order valence-corrected chi connectivity index (χ3v) is 5.07. The van der Waals surface area contributed by atoms with Crippen molar-refractivity contribution >= 4 is 23.1 Å². The summed E-state index contributed by atoms with van der Waals surface area (Å²) >= 11 is 1.87. The highest BCUT2D eigenvalue weighted by molar-refractivity contribution is 7.98. The van der Waals surface area contributed by atoms with E-state index < -0.39 is 0 Å². The maximum Gasteiger partial charge on any atom is 0.0576 e. The van der Waals surface area contributed by atoms with E-state index in [0.717, 1.165) is 23.7 Å². The molecular formula is C21H22N2S. The summed E-state index contributed by atoms with van der Waals surface area (Å²) in [6, 6.07) is 25.2. The molecule has 0 aromatic heterocycles. The predicted octanol–water partition coefficient (Wildman–Crippen LogP) is 5.48. The van der Waals surface area contributed by atoms with Gasteiger partial charge in [0.15, 0.2) is 0 Å². The van der Waals surface area contributed by atoms with Crippen LogP contribution in [0.25, 0.3) is 0 Å². The average molecular weight is 334 g/mol. The first kappa shape index (κ1) is 16.5. The van der Waals surface area contributed by atoms with Crippen molar-refractivity contribution in [3.05, 3.63) is 89.5 Å². The van der Waals surface area contributed by atoms with Crippen LogP contribution in [0.5, 0.6) is 0 Å². The second-order valence-electron chi connectivity index (χ2n) is 5.83. The Hall–Kier alpha value is -2.39. The summed E-state index contributed by atoms with van der Waals surface area (Å²) in [5.74, 6) is 0.977. The third-order valence-electron chi connectivity index (χ3n) is 3.89. The number of hydrogen-bond acceptors (Lipinski definition) is 3. The first-order chi connectivity index (χ1) is 11.7. The van der Waals surface area contributed by atoms with Crippen LogP contribution in [0.3, 0.4) is 0 Å². The number of nitrogens with one attached hydrogen (secondary N) is 1. The smallest absolute Gasteiger partial charge is 0.0576 e.